The number of benzene rings is 1. The molecule has 1 fully saturated rings. The molecule has 120 valence electrons. The van der Waals surface area contributed by atoms with Crippen molar-refractivity contribution in [3.63, 3.8) is 0 Å². The zero-order valence-electron chi connectivity index (χ0n) is 12.2. The predicted molar refractivity (Wildman–Crippen MR) is 80.3 cm³/mol. The zero-order valence-corrected chi connectivity index (χ0v) is 12.2. The third-order valence-electron chi connectivity index (χ3n) is 4.04. The standard InChI is InChI=1S/C16H21NO5/c18-9-15-13(19)7-14(20)16(22-15)21-6-5-10-8-17-12-4-2-1-3-11(10)12/h1-4,8,13-20H,5-7,9H2/t13-,14+,15+,16+/m0/s1. The molecule has 0 aliphatic carbocycles. The lowest BCUT2D eigenvalue weighted by Crippen LogP contribution is -2.49. The molecule has 1 saturated heterocycles. The lowest BCUT2D eigenvalue weighted by molar-refractivity contribution is -0.269. The van der Waals surface area contributed by atoms with Crippen LogP contribution in [-0.2, 0) is 15.9 Å². The number of aromatic amines is 1. The van der Waals surface area contributed by atoms with Gasteiger partial charge in [0, 0.05) is 23.5 Å². The predicted octanol–water partition coefficient (Wildman–Crippen LogP) is 0.556. The Morgan fingerprint density at radius 2 is 2.05 bits per heavy atom. The summed E-state index contributed by atoms with van der Waals surface area (Å²) in [4.78, 5) is 3.21. The second kappa shape index (κ2) is 6.76. The molecule has 2 heterocycles. The van der Waals surface area contributed by atoms with E-state index in [1.807, 2.05) is 30.5 Å². The van der Waals surface area contributed by atoms with Gasteiger partial charge >= 0.3 is 0 Å². The van der Waals surface area contributed by atoms with Crippen LogP contribution in [0.4, 0.5) is 0 Å². The number of H-pyrrole nitrogens is 1. The highest BCUT2D eigenvalue weighted by molar-refractivity contribution is 5.82. The summed E-state index contributed by atoms with van der Waals surface area (Å²) < 4.78 is 11.0. The van der Waals surface area contributed by atoms with Crippen molar-refractivity contribution in [2.24, 2.45) is 0 Å². The number of aliphatic hydroxyl groups is 3. The summed E-state index contributed by atoms with van der Waals surface area (Å²) in [6.45, 7) is 0.0913. The number of fused-ring (bicyclic) bond motifs is 1. The van der Waals surface area contributed by atoms with Gasteiger partial charge in [-0.2, -0.15) is 0 Å². The first-order chi connectivity index (χ1) is 10.7. The molecule has 4 atom stereocenters. The molecule has 0 unspecified atom stereocenters. The molecular weight excluding hydrogens is 286 g/mol. The molecule has 1 aromatic heterocycles. The summed E-state index contributed by atoms with van der Waals surface area (Å²) >= 11 is 0. The Kier molecular flexibility index (Phi) is 4.75. The van der Waals surface area contributed by atoms with E-state index in [1.54, 1.807) is 0 Å². The van der Waals surface area contributed by atoms with Crippen LogP contribution in [0.15, 0.2) is 30.5 Å². The third-order valence-corrected chi connectivity index (χ3v) is 4.04. The summed E-state index contributed by atoms with van der Waals surface area (Å²) in [6.07, 6.45) is -0.500. The largest absolute Gasteiger partial charge is 0.394 e. The minimum absolute atomic E-state index is 0.142. The molecule has 1 aromatic carbocycles. The van der Waals surface area contributed by atoms with Crippen molar-refractivity contribution in [3.05, 3.63) is 36.0 Å². The van der Waals surface area contributed by atoms with Gasteiger partial charge in [-0.3, -0.25) is 0 Å². The molecule has 0 spiro atoms. The first kappa shape index (κ1) is 15.5. The maximum atomic E-state index is 9.88. The van der Waals surface area contributed by atoms with Crippen molar-refractivity contribution in [3.8, 4) is 0 Å². The van der Waals surface area contributed by atoms with Crippen molar-refractivity contribution < 1.29 is 24.8 Å². The number of nitrogens with one attached hydrogen (secondary N) is 1. The van der Waals surface area contributed by atoms with E-state index in [0.717, 1.165) is 16.5 Å². The van der Waals surface area contributed by atoms with Gasteiger partial charge in [0.25, 0.3) is 0 Å². The molecular formula is C16H21NO5. The third kappa shape index (κ3) is 3.16. The quantitative estimate of drug-likeness (QED) is 0.647. The number of aliphatic hydroxyl groups excluding tert-OH is 3. The number of hydrogen-bond acceptors (Lipinski definition) is 5. The van der Waals surface area contributed by atoms with Crippen molar-refractivity contribution >= 4 is 10.9 Å². The maximum Gasteiger partial charge on any atom is 0.184 e. The molecule has 1 aliphatic heterocycles. The highest BCUT2D eigenvalue weighted by Crippen LogP contribution is 2.22. The molecule has 1 aliphatic rings. The SMILES string of the molecule is OC[C@H]1O[C@@H](OCCc2c[nH]c3ccccc23)[C@H](O)C[C@@H]1O. The number of aromatic nitrogens is 1. The molecule has 22 heavy (non-hydrogen) atoms. The monoisotopic (exact) mass is 307 g/mol. The fraction of sp³-hybridized carbons (Fsp3) is 0.500. The lowest BCUT2D eigenvalue weighted by Gasteiger charge is -2.36. The fourth-order valence-corrected chi connectivity index (χ4v) is 2.80. The summed E-state index contributed by atoms with van der Waals surface area (Å²) in [5, 5.41) is 29.8. The Bertz CT molecular complexity index is 613. The average Bonchev–Trinajstić information content (AvgIpc) is 2.93. The van der Waals surface area contributed by atoms with Gasteiger partial charge < -0.3 is 29.8 Å². The van der Waals surface area contributed by atoms with Crippen LogP contribution < -0.4 is 0 Å². The molecule has 0 radical (unpaired) electrons. The van der Waals surface area contributed by atoms with Crippen LogP contribution >= 0.6 is 0 Å². The Morgan fingerprint density at radius 1 is 1.23 bits per heavy atom. The van der Waals surface area contributed by atoms with E-state index in [2.05, 4.69) is 4.98 Å². The molecule has 0 saturated carbocycles. The smallest absolute Gasteiger partial charge is 0.184 e. The van der Waals surface area contributed by atoms with Crippen LogP contribution in [0.1, 0.15) is 12.0 Å². The molecule has 6 heteroatoms. The number of rotatable bonds is 5. The van der Waals surface area contributed by atoms with Crippen LogP contribution in [0.25, 0.3) is 10.9 Å². The zero-order chi connectivity index (χ0) is 15.5. The topological polar surface area (TPSA) is 94.9 Å². The first-order valence-corrected chi connectivity index (χ1v) is 7.48. The van der Waals surface area contributed by atoms with Crippen molar-refractivity contribution in [1.82, 2.24) is 4.98 Å². The van der Waals surface area contributed by atoms with Gasteiger partial charge in [-0.1, -0.05) is 18.2 Å². The van der Waals surface area contributed by atoms with E-state index < -0.39 is 24.6 Å². The molecule has 0 amide bonds. The van der Waals surface area contributed by atoms with E-state index in [0.29, 0.717) is 13.0 Å². The van der Waals surface area contributed by atoms with Crippen LogP contribution in [0.3, 0.4) is 0 Å². The fourth-order valence-electron chi connectivity index (χ4n) is 2.80. The Labute approximate surface area is 128 Å². The van der Waals surface area contributed by atoms with Crippen LogP contribution in [0.5, 0.6) is 0 Å². The second-order valence-corrected chi connectivity index (χ2v) is 5.58. The number of ether oxygens (including phenoxy) is 2. The van der Waals surface area contributed by atoms with Gasteiger partial charge in [0.2, 0.25) is 0 Å². The van der Waals surface area contributed by atoms with E-state index in [-0.39, 0.29) is 13.0 Å². The Hall–Kier alpha value is -1.44. The van der Waals surface area contributed by atoms with Crippen LogP contribution in [0, 0.1) is 0 Å². The summed E-state index contributed by atoms with van der Waals surface area (Å²) in [5.74, 6) is 0. The minimum atomic E-state index is -0.888. The van der Waals surface area contributed by atoms with Gasteiger partial charge in [-0.15, -0.1) is 0 Å². The molecule has 0 bridgehead atoms. The second-order valence-electron chi connectivity index (χ2n) is 5.58. The van der Waals surface area contributed by atoms with E-state index >= 15 is 0 Å². The molecule has 2 aromatic rings. The van der Waals surface area contributed by atoms with Gasteiger partial charge in [0.1, 0.15) is 12.2 Å². The van der Waals surface area contributed by atoms with Crippen molar-refractivity contribution in [2.45, 2.75) is 37.4 Å². The summed E-state index contributed by atoms with van der Waals surface area (Å²) in [7, 11) is 0. The maximum absolute atomic E-state index is 9.88. The average molecular weight is 307 g/mol. The molecule has 3 rings (SSSR count). The van der Waals surface area contributed by atoms with Gasteiger partial charge in [0.05, 0.1) is 19.3 Å². The van der Waals surface area contributed by atoms with E-state index in [4.69, 9.17) is 14.6 Å². The van der Waals surface area contributed by atoms with Crippen LogP contribution in [-0.4, -0.2) is 58.1 Å². The highest BCUT2D eigenvalue weighted by Gasteiger charge is 2.36. The summed E-state index contributed by atoms with van der Waals surface area (Å²) in [5.41, 5.74) is 2.22. The first-order valence-electron chi connectivity index (χ1n) is 7.48. The molecule has 4 N–H and O–H groups in total. The van der Waals surface area contributed by atoms with E-state index in [9.17, 15) is 10.2 Å². The van der Waals surface area contributed by atoms with Crippen molar-refractivity contribution in [2.75, 3.05) is 13.2 Å². The lowest BCUT2D eigenvalue weighted by atomic mass is 10.0. The highest BCUT2D eigenvalue weighted by atomic mass is 16.7. The minimum Gasteiger partial charge on any atom is -0.394 e. The van der Waals surface area contributed by atoms with Gasteiger partial charge in [0.15, 0.2) is 6.29 Å². The number of hydrogen-bond donors (Lipinski definition) is 4. The Balaban J connectivity index is 1.56. The van der Waals surface area contributed by atoms with E-state index in [1.165, 1.54) is 0 Å². The van der Waals surface area contributed by atoms with Gasteiger partial charge in [-0.25, -0.2) is 0 Å². The molecule has 6 nitrogen and oxygen atoms in total. The van der Waals surface area contributed by atoms with Gasteiger partial charge in [-0.05, 0) is 18.1 Å². The summed E-state index contributed by atoms with van der Waals surface area (Å²) in [6, 6.07) is 8.03. The normalized spacial score (nSPS) is 29.0. The Morgan fingerprint density at radius 3 is 2.86 bits per heavy atom. The number of para-hydroxylation sites is 1. The van der Waals surface area contributed by atoms with Crippen LogP contribution in [0.2, 0.25) is 0 Å². The van der Waals surface area contributed by atoms with Crippen molar-refractivity contribution in [1.29, 1.82) is 0 Å².